The predicted molar refractivity (Wildman–Crippen MR) is 127 cm³/mol. The molecule has 0 saturated carbocycles. The van der Waals surface area contributed by atoms with Crippen molar-refractivity contribution in [3.05, 3.63) is 58.3 Å². The van der Waals surface area contributed by atoms with Crippen molar-refractivity contribution in [3.63, 3.8) is 0 Å². The summed E-state index contributed by atoms with van der Waals surface area (Å²) >= 11 is 1.74. The smallest absolute Gasteiger partial charge is 0.242 e. The summed E-state index contributed by atoms with van der Waals surface area (Å²) in [4.78, 5) is 29.3. The van der Waals surface area contributed by atoms with E-state index in [4.69, 9.17) is 0 Å². The van der Waals surface area contributed by atoms with Gasteiger partial charge in [-0.15, -0.1) is 11.3 Å². The maximum atomic E-state index is 13.0. The van der Waals surface area contributed by atoms with Crippen LogP contribution in [0.1, 0.15) is 50.1 Å². The van der Waals surface area contributed by atoms with Gasteiger partial charge in [-0.2, -0.15) is 0 Å². The van der Waals surface area contributed by atoms with E-state index >= 15 is 0 Å². The Bertz CT molecular complexity index is 815. The van der Waals surface area contributed by atoms with Crippen LogP contribution in [-0.4, -0.2) is 42.4 Å². The fourth-order valence-electron chi connectivity index (χ4n) is 4.08. The maximum absolute atomic E-state index is 13.0. The van der Waals surface area contributed by atoms with Crippen molar-refractivity contribution < 1.29 is 9.59 Å². The highest BCUT2D eigenvalue weighted by Crippen LogP contribution is 2.29. The Morgan fingerprint density at radius 3 is 2.42 bits per heavy atom. The molecule has 2 atom stereocenters. The number of hydrogen-bond acceptors (Lipinski definition) is 4. The van der Waals surface area contributed by atoms with Gasteiger partial charge in [0.25, 0.3) is 0 Å². The topological polar surface area (TPSA) is 61.4 Å². The number of thiophene rings is 1. The number of nitrogens with zero attached hydrogens (tertiary/aromatic N) is 1. The quantitative estimate of drug-likeness (QED) is 0.618. The van der Waals surface area contributed by atoms with Crippen LogP contribution >= 0.6 is 11.3 Å². The van der Waals surface area contributed by atoms with E-state index in [2.05, 4.69) is 40.0 Å². The number of piperidine rings is 1. The van der Waals surface area contributed by atoms with Crippen molar-refractivity contribution in [1.82, 2.24) is 15.5 Å². The normalized spacial score (nSPS) is 17.3. The lowest BCUT2D eigenvalue weighted by Crippen LogP contribution is -2.51. The molecule has 0 radical (unpaired) electrons. The first kappa shape index (κ1) is 23.5. The molecule has 1 fully saturated rings. The van der Waals surface area contributed by atoms with E-state index in [-0.39, 0.29) is 30.2 Å². The zero-order valence-electron chi connectivity index (χ0n) is 18.8. The summed E-state index contributed by atoms with van der Waals surface area (Å²) in [6.07, 6.45) is 2.67. The molecule has 6 heteroatoms. The van der Waals surface area contributed by atoms with Crippen molar-refractivity contribution in [3.8, 4) is 0 Å². The number of likely N-dealkylation sites (tertiary alicyclic amines) is 1. The van der Waals surface area contributed by atoms with Gasteiger partial charge < -0.3 is 10.6 Å². The van der Waals surface area contributed by atoms with Crippen LogP contribution in [0.2, 0.25) is 0 Å². The van der Waals surface area contributed by atoms with Crippen molar-refractivity contribution in [2.45, 2.75) is 52.1 Å². The Labute approximate surface area is 190 Å². The highest BCUT2D eigenvalue weighted by Gasteiger charge is 2.28. The predicted octanol–water partition coefficient (Wildman–Crippen LogP) is 4.02. The molecule has 168 valence electrons. The maximum Gasteiger partial charge on any atom is 0.242 e. The van der Waals surface area contributed by atoms with Crippen molar-refractivity contribution in [1.29, 1.82) is 0 Å². The Morgan fingerprint density at radius 2 is 1.81 bits per heavy atom. The molecule has 2 N–H and O–H groups in total. The second kappa shape index (κ2) is 11.4. The molecule has 2 amide bonds. The van der Waals surface area contributed by atoms with Gasteiger partial charge in [-0.25, -0.2) is 0 Å². The molecule has 0 unspecified atom stereocenters. The molecule has 2 heterocycles. The van der Waals surface area contributed by atoms with Gasteiger partial charge in [-0.1, -0.05) is 57.2 Å². The standard InChI is InChI=1S/C25H35N3O2S/c1-18(2)24(27-23(29)16-20-8-5-4-6-9-20)25(30)26-17-21(22-10-7-15-31-22)28-13-11-19(3)12-14-28/h4-10,15,18-19,21,24H,11-14,16-17H2,1-3H3,(H,26,30)(H,27,29)/t21-,24-/m0/s1. The van der Waals surface area contributed by atoms with E-state index in [1.165, 1.54) is 17.7 Å². The van der Waals surface area contributed by atoms with Gasteiger partial charge in [0, 0.05) is 11.4 Å². The Kier molecular flexibility index (Phi) is 8.67. The second-order valence-electron chi connectivity index (χ2n) is 8.95. The summed E-state index contributed by atoms with van der Waals surface area (Å²) in [5, 5.41) is 8.18. The molecular weight excluding hydrogens is 406 g/mol. The van der Waals surface area contributed by atoms with Crippen molar-refractivity contribution in [2.24, 2.45) is 11.8 Å². The van der Waals surface area contributed by atoms with Crippen molar-refractivity contribution >= 4 is 23.2 Å². The van der Waals surface area contributed by atoms with Crippen LogP contribution in [0.3, 0.4) is 0 Å². The number of rotatable bonds is 9. The number of nitrogens with one attached hydrogen (secondary N) is 2. The van der Waals surface area contributed by atoms with Crippen LogP contribution in [-0.2, 0) is 16.0 Å². The van der Waals surface area contributed by atoms with Crippen LogP contribution in [0.15, 0.2) is 47.8 Å². The van der Waals surface area contributed by atoms with Gasteiger partial charge in [0.15, 0.2) is 0 Å². The van der Waals surface area contributed by atoms with E-state index in [9.17, 15) is 9.59 Å². The van der Waals surface area contributed by atoms with E-state index in [1.54, 1.807) is 11.3 Å². The minimum atomic E-state index is -0.540. The average Bonchev–Trinajstić information content (AvgIpc) is 3.28. The van der Waals surface area contributed by atoms with Crippen LogP contribution in [0.5, 0.6) is 0 Å². The summed E-state index contributed by atoms with van der Waals surface area (Å²) in [6.45, 7) is 8.92. The minimum Gasteiger partial charge on any atom is -0.352 e. The lowest BCUT2D eigenvalue weighted by Gasteiger charge is -2.36. The lowest BCUT2D eigenvalue weighted by molar-refractivity contribution is -0.130. The average molecular weight is 442 g/mol. The van der Waals surface area contributed by atoms with E-state index in [0.717, 1.165) is 24.6 Å². The SMILES string of the molecule is CC1CCN([C@@H](CNC(=O)[C@@H](NC(=O)Cc2ccccc2)C(C)C)c2cccs2)CC1. The molecule has 3 rings (SSSR count). The fourth-order valence-corrected chi connectivity index (χ4v) is 4.94. The summed E-state index contributed by atoms with van der Waals surface area (Å²) in [7, 11) is 0. The molecule has 1 aromatic heterocycles. The summed E-state index contributed by atoms with van der Waals surface area (Å²) in [5.41, 5.74) is 0.944. The molecule has 0 aliphatic carbocycles. The largest absolute Gasteiger partial charge is 0.352 e. The molecule has 1 saturated heterocycles. The first-order valence-corrected chi connectivity index (χ1v) is 12.2. The number of carbonyl (C=O) groups is 2. The van der Waals surface area contributed by atoms with Gasteiger partial charge in [0.2, 0.25) is 11.8 Å². The van der Waals surface area contributed by atoms with Crippen molar-refractivity contribution in [2.75, 3.05) is 19.6 Å². The molecule has 1 aliphatic heterocycles. The third-order valence-corrected chi connectivity index (χ3v) is 7.05. The number of carbonyl (C=O) groups excluding carboxylic acids is 2. The van der Waals surface area contributed by atoms with Crippen LogP contribution < -0.4 is 10.6 Å². The molecule has 0 bridgehead atoms. The summed E-state index contributed by atoms with van der Waals surface area (Å²) in [6, 6.07) is 13.5. The zero-order valence-corrected chi connectivity index (χ0v) is 19.7. The summed E-state index contributed by atoms with van der Waals surface area (Å²) < 4.78 is 0. The Hall–Kier alpha value is -2.18. The van der Waals surface area contributed by atoms with Gasteiger partial charge in [-0.05, 0) is 54.8 Å². The number of benzene rings is 1. The zero-order chi connectivity index (χ0) is 22.2. The van der Waals surface area contributed by atoms with E-state index < -0.39 is 6.04 Å². The third-order valence-electron chi connectivity index (χ3n) is 6.07. The van der Waals surface area contributed by atoms with Crippen LogP contribution in [0, 0.1) is 11.8 Å². The molecule has 1 aliphatic rings. The van der Waals surface area contributed by atoms with E-state index in [1.807, 2.05) is 44.2 Å². The van der Waals surface area contributed by atoms with Crippen LogP contribution in [0.4, 0.5) is 0 Å². The van der Waals surface area contributed by atoms with Crippen LogP contribution in [0.25, 0.3) is 0 Å². The van der Waals surface area contributed by atoms with Gasteiger partial charge >= 0.3 is 0 Å². The molecule has 2 aromatic rings. The number of amides is 2. The molecular formula is C25H35N3O2S. The number of hydrogen-bond donors (Lipinski definition) is 2. The lowest BCUT2D eigenvalue weighted by atomic mass is 9.97. The van der Waals surface area contributed by atoms with E-state index in [0.29, 0.717) is 6.54 Å². The molecule has 5 nitrogen and oxygen atoms in total. The summed E-state index contributed by atoms with van der Waals surface area (Å²) in [5.74, 6) is 0.541. The highest BCUT2D eigenvalue weighted by molar-refractivity contribution is 7.10. The van der Waals surface area contributed by atoms with Gasteiger partial charge in [-0.3, -0.25) is 14.5 Å². The Balaban J connectivity index is 1.60. The van der Waals surface area contributed by atoms with Gasteiger partial charge in [0.1, 0.15) is 6.04 Å². The highest BCUT2D eigenvalue weighted by atomic mass is 32.1. The third kappa shape index (κ3) is 6.91. The first-order chi connectivity index (χ1) is 14.9. The molecule has 1 aromatic carbocycles. The monoisotopic (exact) mass is 441 g/mol. The Morgan fingerprint density at radius 1 is 1.10 bits per heavy atom. The molecule has 0 spiro atoms. The molecule has 31 heavy (non-hydrogen) atoms. The minimum absolute atomic E-state index is 0.00995. The second-order valence-corrected chi connectivity index (χ2v) is 9.93. The fraction of sp³-hybridized carbons (Fsp3) is 0.520. The van der Waals surface area contributed by atoms with Gasteiger partial charge in [0.05, 0.1) is 12.5 Å². The first-order valence-electron chi connectivity index (χ1n) is 11.3.